The molecule has 0 saturated heterocycles. The minimum absolute atomic E-state index is 0.266. The van der Waals surface area contributed by atoms with Crippen molar-refractivity contribution in [3.05, 3.63) is 22.8 Å². The van der Waals surface area contributed by atoms with Gasteiger partial charge in [-0.2, -0.15) is 0 Å². The summed E-state index contributed by atoms with van der Waals surface area (Å²) in [5.41, 5.74) is 0.266. The molecule has 0 aliphatic carbocycles. The molecule has 0 unspecified atom stereocenters. The molecule has 0 spiro atoms. The monoisotopic (exact) mass is 217 g/mol. The first-order chi connectivity index (χ1) is 5.17. The molecule has 0 bridgehead atoms. The van der Waals surface area contributed by atoms with Crippen molar-refractivity contribution in [1.29, 1.82) is 0 Å². The van der Waals surface area contributed by atoms with Crippen molar-refractivity contribution >= 4 is 28.6 Å². The Morgan fingerprint density at radius 3 is 2.55 bits per heavy atom. The van der Waals surface area contributed by atoms with Gasteiger partial charge in [0.05, 0.1) is 12.7 Å². The van der Waals surface area contributed by atoms with Crippen LogP contribution in [0.3, 0.4) is 0 Å². The Bertz CT molecular complexity index is 220. The molecule has 0 N–H and O–H groups in total. The van der Waals surface area contributed by atoms with E-state index in [-0.39, 0.29) is 5.57 Å². The van der Waals surface area contributed by atoms with Crippen LogP contribution in [-0.4, -0.2) is 19.8 Å². The molecular weight excluding hydrogens is 210 g/mol. The van der Waals surface area contributed by atoms with Gasteiger partial charge in [0, 0.05) is 0 Å². The molecule has 60 valence electrons. The second-order valence-electron chi connectivity index (χ2n) is 1.56. The van der Waals surface area contributed by atoms with Gasteiger partial charge < -0.3 is 4.74 Å². The lowest BCUT2D eigenvalue weighted by atomic mass is 10.3. The van der Waals surface area contributed by atoms with Crippen LogP contribution in [-0.2, 0) is 9.53 Å². The third-order valence-corrected chi connectivity index (χ3v) is 1.65. The molecule has 0 aliphatic rings. The predicted molar refractivity (Wildman–Crippen MR) is 47.7 cm³/mol. The fourth-order valence-corrected chi connectivity index (χ4v) is 0.771. The van der Waals surface area contributed by atoms with Crippen LogP contribution in [0.25, 0.3) is 0 Å². The normalized spacial score (nSPS) is 11.5. The number of ether oxygens (including phenoxy) is 1. The van der Waals surface area contributed by atoms with Crippen LogP contribution >= 0.6 is 15.9 Å². The van der Waals surface area contributed by atoms with Crippen molar-refractivity contribution in [2.45, 2.75) is 0 Å². The van der Waals surface area contributed by atoms with E-state index in [4.69, 9.17) is 0 Å². The molecule has 0 aromatic rings. The molecule has 0 amide bonds. The Labute approximate surface area is 73.6 Å². The lowest BCUT2D eigenvalue weighted by Gasteiger charge is -1.98. The van der Waals surface area contributed by atoms with E-state index in [2.05, 4.69) is 39.0 Å². The van der Waals surface area contributed by atoms with E-state index in [1.54, 1.807) is 0 Å². The molecule has 0 atom stereocenters. The third-order valence-electron chi connectivity index (χ3n) is 0.971. The predicted octanol–water partition coefficient (Wildman–Crippen LogP) is 1.65. The Morgan fingerprint density at radius 2 is 2.27 bits per heavy atom. The van der Waals surface area contributed by atoms with Crippen molar-refractivity contribution in [2.24, 2.45) is 4.99 Å². The SMILES string of the molecule is C=C/C(C(=O)OC)=C(/Br)N=C. The quantitative estimate of drug-likeness (QED) is 0.237. The number of hydrogen-bond donors (Lipinski definition) is 0. The number of hydrogen-bond acceptors (Lipinski definition) is 3. The molecule has 0 radical (unpaired) electrons. The summed E-state index contributed by atoms with van der Waals surface area (Å²) in [6.07, 6.45) is 1.35. The van der Waals surface area contributed by atoms with E-state index < -0.39 is 5.97 Å². The maximum atomic E-state index is 10.9. The maximum absolute atomic E-state index is 10.9. The van der Waals surface area contributed by atoms with Gasteiger partial charge in [-0.3, -0.25) is 4.99 Å². The van der Waals surface area contributed by atoms with Gasteiger partial charge in [0.25, 0.3) is 0 Å². The van der Waals surface area contributed by atoms with Gasteiger partial charge in [0.2, 0.25) is 0 Å². The van der Waals surface area contributed by atoms with Gasteiger partial charge >= 0.3 is 5.97 Å². The number of halogens is 1. The highest BCUT2D eigenvalue weighted by molar-refractivity contribution is 9.11. The minimum atomic E-state index is -0.487. The molecule has 0 rings (SSSR count). The lowest BCUT2D eigenvalue weighted by Crippen LogP contribution is -2.03. The Hall–Kier alpha value is -0.900. The fourth-order valence-electron chi connectivity index (χ4n) is 0.447. The molecule has 0 aromatic carbocycles. The zero-order valence-electron chi connectivity index (χ0n) is 6.13. The summed E-state index contributed by atoms with van der Waals surface area (Å²) in [7, 11) is 1.29. The van der Waals surface area contributed by atoms with E-state index >= 15 is 0 Å². The summed E-state index contributed by atoms with van der Waals surface area (Å²) in [4.78, 5) is 14.4. The summed E-state index contributed by atoms with van der Waals surface area (Å²) < 4.78 is 4.77. The topological polar surface area (TPSA) is 38.7 Å². The molecule has 4 heteroatoms. The summed E-state index contributed by atoms with van der Waals surface area (Å²) in [5, 5.41) is 0. The van der Waals surface area contributed by atoms with Crippen LogP contribution in [0.15, 0.2) is 27.8 Å². The average Bonchev–Trinajstić information content (AvgIpc) is 2.05. The highest BCUT2D eigenvalue weighted by Gasteiger charge is 2.08. The van der Waals surface area contributed by atoms with Crippen LogP contribution in [0.1, 0.15) is 0 Å². The van der Waals surface area contributed by atoms with Gasteiger partial charge in [-0.15, -0.1) is 0 Å². The van der Waals surface area contributed by atoms with E-state index in [9.17, 15) is 4.79 Å². The second-order valence-corrected chi connectivity index (χ2v) is 2.31. The van der Waals surface area contributed by atoms with Gasteiger partial charge in [0.15, 0.2) is 0 Å². The summed E-state index contributed by atoms with van der Waals surface area (Å²) in [6, 6.07) is 0. The van der Waals surface area contributed by atoms with Crippen LogP contribution in [0.2, 0.25) is 0 Å². The summed E-state index contributed by atoms with van der Waals surface area (Å²) in [5.74, 6) is -0.487. The standard InChI is InChI=1S/C7H8BrNO2/c1-4-5(6(8)9-2)7(10)11-3/h4H,1-2H2,3H3/b6-5+. The number of nitrogens with zero attached hydrogens (tertiary/aromatic N) is 1. The van der Waals surface area contributed by atoms with Crippen molar-refractivity contribution in [1.82, 2.24) is 0 Å². The smallest absolute Gasteiger partial charge is 0.340 e. The van der Waals surface area contributed by atoms with Crippen LogP contribution in [0.5, 0.6) is 0 Å². The minimum Gasteiger partial charge on any atom is -0.465 e. The summed E-state index contributed by atoms with van der Waals surface area (Å²) in [6.45, 7) is 6.66. The third kappa shape index (κ3) is 2.67. The summed E-state index contributed by atoms with van der Waals surface area (Å²) >= 11 is 3.02. The maximum Gasteiger partial charge on any atom is 0.340 e. The highest BCUT2D eigenvalue weighted by atomic mass is 79.9. The van der Waals surface area contributed by atoms with Crippen LogP contribution in [0.4, 0.5) is 0 Å². The number of aliphatic imine (C=N–C) groups is 1. The molecule has 0 saturated carbocycles. The highest BCUT2D eigenvalue weighted by Crippen LogP contribution is 2.14. The largest absolute Gasteiger partial charge is 0.465 e. The van der Waals surface area contributed by atoms with Crippen molar-refractivity contribution < 1.29 is 9.53 Å². The van der Waals surface area contributed by atoms with E-state index in [1.165, 1.54) is 13.2 Å². The van der Waals surface area contributed by atoms with Crippen molar-refractivity contribution in [3.8, 4) is 0 Å². The van der Waals surface area contributed by atoms with Gasteiger partial charge in [0.1, 0.15) is 4.61 Å². The van der Waals surface area contributed by atoms with E-state index in [0.717, 1.165) is 0 Å². The number of carbonyl (C=O) groups excluding carboxylic acids is 1. The zero-order chi connectivity index (χ0) is 8.85. The van der Waals surface area contributed by atoms with Gasteiger partial charge in [-0.05, 0) is 22.6 Å². The van der Waals surface area contributed by atoms with Crippen molar-refractivity contribution in [3.63, 3.8) is 0 Å². The van der Waals surface area contributed by atoms with Crippen LogP contribution < -0.4 is 0 Å². The molecular formula is C7H8BrNO2. The first-order valence-corrected chi connectivity index (χ1v) is 3.54. The molecule has 0 heterocycles. The Morgan fingerprint density at radius 1 is 1.73 bits per heavy atom. The number of carbonyl (C=O) groups is 1. The fraction of sp³-hybridized carbons (Fsp3) is 0.143. The molecule has 0 aliphatic heterocycles. The average molecular weight is 218 g/mol. The number of esters is 1. The zero-order valence-corrected chi connectivity index (χ0v) is 7.72. The van der Waals surface area contributed by atoms with Crippen LogP contribution in [0, 0.1) is 0 Å². The van der Waals surface area contributed by atoms with E-state index in [0.29, 0.717) is 4.61 Å². The molecule has 3 nitrogen and oxygen atoms in total. The van der Waals surface area contributed by atoms with Gasteiger partial charge in [-0.25, -0.2) is 4.79 Å². The molecule has 0 aromatic heterocycles. The first-order valence-electron chi connectivity index (χ1n) is 2.74. The molecule has 0 fully saturated rings. The number of rotatable bonds is 3. The second kappa shape index (κ2) is 4.85. The van der Waals surface area contributed by atoms with Crippen molar-refractivity contribution in [2.75, 3.05) is 7.11 Å². The van der Waals surface area contributed by atoms with Gasteiger partial charge in [-0.1, -0.05) is 12.7 Å². The first kappa shape index (κ1) is 10.1. The molecule has 11 heavy (non-hydrogen) atoms. The Balaban J connectivity index is 4.78. The Kier molecular flexibility index (Phi) is 4.45. The number of methoxy groups -OCH3 is 1. The lowest BCUT2D eigenvalue weighted by molar-refractivity contribution is -0.135. The van der Waals surface area contributed by atoms with E-state index in [1.807, 2.05) is 0 Å².